The third-order valence-corrected chi connectivity index (χ3v) is 9.13. The van der Waals surface area contributed by atoms with Crippen molar-refractivity contribution in [3.63, 3.8) is 0 Å². The topological polar surface area (TPSA) is 73.5 Å². The quantitative estimate of drug-likeness (QED) is 0.163. The lowest BCUT2D eigenvalue weighted by molar-refractivity contribution is -0.133. The van der Waals surface area contributed by atoms with Crippen LogP contribution in [0.4, 0.5) is 4.39 Å². The fourth-order valence-corrected chi connectivity index (χ4v) is 6.57. The lowest BCUT2D eigenvalue weighted by Gasteiger charge is -2.29. The van der Waals surface area contributed by atoms with Crippen molar-refractivity contribution in [2.24, 2.45) is 0 Å². The number of hydrogen-bond donors (Lipinski definition) is 3. The summed E-state index contributed by atoms with van der Waals surface area (Å²) in [6.07, 6.45) is 12.0. The first-order valence-electron chi connectivity index (χ1n) is 16.6. The van der Waals surface area contributed by atoms with Crippen LogP contribution in [-0.2, 0) is 9.59 Å². The van der Waals surface area contributed by atoms with Crippen molar-refractivity contribution in [1.29, 1.82) is 0 Å². The van der Waals surface area contributed by atoms with Gasteiger partial charge in [0.05, 0.1) is 6.04 Å². The number of carbonyl (C=O) groups is 2. The van der Waals surface area contributed by atoms with Crippen LogP contribution in [0, 0.1) is 5.82 Å². The molecule has 2 atom stereocenters. The van der Waals surface area contributed by atoms with Gasteiger partial charge in [-0.1, -0.05) is 92.1 Å². The zero-order valence-corrected chi connectivity index (χ0v) is 26.2. The molecule has 3 aromatic rings. The summed E-state index contributed by atoms with van der Waals surface area (Å²) < 4.78 is 13.2. The van der Waals surface area contributed by atoms with Gasteiger partial charge in [0.2, 0.25) is 11.8 Å². The third kappa shape index (κ3) is 10.1. The van der Waals surface area contributed by atoms with Gasteiger partial charge in [-0.3, -0.25) is 9.59 Å². The highest BCUT2D eigenvalue weighted by Gasteiger charge is 2.32. The van der Waals surface area contributed by atoms with Crippen LogP contribution in [0.3, 0.4) is 0 Å². The van der Waals surface area contributed by atoms with E-state index in [4.69, 9.17) is 0 Å². The number of hydrogen-bond acceptors (Lipinski definition) is 4. The summed E-state index contributed by atoms with van der Waals surface area (Å²) in [5, 5.41) is 10.4. The maximum absolute atomic E-state index is 14.1. The van der Waals surface area contributed by atoms with Gasteiger partial charge in [-0.2, -0.15) is 0 Å². The number of amides is 2. The lowest BCUT2D eigenvalue weighted by Crippen LogP contribution is -2.49. The van der Waals surface area contributed by atoms with E-state index in [1.165, 1.54) is 61.4 Å². The molecule has 2 amide bonds. The van der Waals surface area contributed by atoms with Crippen molar-refractivity contribution in [1.82, 2.24) is 20.9 Å². The van der Waals surface area contributed by atoms with Crippen LogP contribution in [0.5, 0.6) is 0 Å². The summed E-state index contributed by atoms with van der Waals surface area (Å²) in [4.78, 5) is 28.8. The third-order valence-electron chi connectivity index (χ3n) is 9.13. The van der Waals surface area contributed by atoms with Crippen LogP contribution in [0.1, 0.15) is 74.0 Å². The normalized spacial score (nSPS) is 19.6. The summed E-state index contributed by atoms with van der Waals surface area (Å²) in [7, 11) is 0. The second kappa shape index (κ2) is 17.0. The maximum atomic E-state index is 14.1. The van der Waals surface area contributed by atoms with Gasteiger partial charge in [-0.05, 0) is 73.5 Å². The molecule has 0 aromatic heterocycles. The molecule has 6 nitrogen and oxygen atoms in total. The molecule has 5 rings (SSSR count). The highest BCUT2D eigenvalue weighted by molar-refractivity contribution is 5.91. The Bertz CT molecular complexity index is 1320. The Morgan fingerprint density at radius 2 is 1.58 bits per heavy atom. The van der Waals surface area contributed by atoms with Crippen molar-refractivity contribution in [3.8, 4) is 0 Å². The molecule has 1 heterocycles. The van der Waals surface area contributed by atoms with Crippen LogP contribution in [-0.4, -0.2) is 61.0 Å². The number of benzene rings is 3. The molecule has 1 aliphatic heterocycles. The van der Waals surface area contributed by atoms with Gasteiger partial charge in [0.15, 0.2) is 0 Å². The zero-order valence-electron chi connectivity index (χ0n) is 26.2. The molecule has 3 N–H and O–H groups in total. The Balaban J connectivity index is 1.25. The summed E-state index contributed by atoms with van der Waals surface area (Å²) in [6, 6.07) is 27.1. The minimum Gasteiger partial charge on any atom is -0.351 e. The summed E-state index contributed by atoms with van der Waals surface area (Å²) in [5.41, 5.74) is 3.14. The molecule has 0 spiro atoms. The predicted octanol–water partition coefficient (Wildman–Crippen LogP) is 6.05. The Morgan fingerprint density at radius 1 is 0.911 bits per heavy atom. The average Bonchev–Trinajstić information content (AvgIpc) is 3.23. The second-order valence-corrected chi connectivity index (χ2v) is 12.4. The molecule has 3 aromatic carbocycles. The molecule has 238 valence electrons. The van der Waals surface area contributed by atoms with Crippen LogP contribution < -0.4 is 16.0 Å². The van der Waals surface area contributed by atoms with E-state index < -0.39 is 0 Å². The molecule has 45 heavy (non-hydrogen) atoms. The number of nitrogens with one attached hydrogen (secondary N) is 3. The molecule has 1 aliphatic carbocycles. The van der Waals surface area contributed by atoms with Gasteiger partial charge in [-0.25, -0.2) is 4.39 Å². The first-order chi connectivity index (χ1) is 22.0. The van der Waals surface area contributed by atoms with Gasteiger partial charge < -0.3 is 20.9 Å². The van der Waals surface area contributed by atoms with Gasteiger partial charge in [0, 0.05) is 43.7 Å². The molecular weight excluding hydrogens is 563 g/mol. The molecule has 2 fully saturated rings. The maximum Gasteiger partial charge on any atom is 0.244 e. The summed E-state index contributed by atoms with van der Waals surface area (Å²) in [5.74, 6) is -0.319. The van der Waals surface area contributed by atoms with Gasteiger partial charge in [0.1, 0.15) is 5.82 Å². The molecule has 7 heteroatoms. The van der Waals surface area contributed by atoms with E-state index in [-0.39, 0.29) is 35.6 Å². The van der Waals surface area contributed by atoms with Crippen LogP contribution in [0.15, 0.2) is 91.0 Å². The Kier molecular flexibility index (Phi) is 12.3. The number of halogens is 1. The minimum absolute atomic E-state index is 0.0367. The monoisotopic (exact) mass is 610 g/mol. The first-order valence-corrected chi connectivity index (χ1v) is 16.6. The molecule has 1 unspecified atom stereocenters. The Labute approximate surface area is 267 Å². The van der Waals surface area contributed by atoms with E-state index in [1.54, 1.807) is 18.2 Å². The predicted molar refractivity (Wildman–Crippen MR) is 179 cm³/mol. The van der Waals surface area contributed by atoms with E-state index in [2.05, 4.69) is 64.5 Å². The molecule has 1 saturated heterocycles. The molecule has 0 radical (unpaired) electrons. The zero-order chi connectivity index (χ0) is 31.3. The molecule has 2 aliphatic rings. The fraction of sp³-hybridized carbons (Fsp3) is 0.421. The van der Waals surface area contributed by atoms with E-state index in [9.17, 15) is 14.0 Å². The lowest BCUT2D eigenvalue weighted by atomic mass is 9.90. The summed E-state index contributed by atoms with van der Waals surface area (Å²) >= 11 is 0. The smallest absolute Gasteiger partial charge is 0.244 e. The van der Waals surface area contributed by atoms with Crippen LogP contribution in [0.2, 0.25) is 0 Å². The second-order valence-electron chi connectivity index (χ2n) is 12.4. The number of nitrogens with zero attached hydrogens (tertiary/aromatic N) is 1. The largest absolute Gasteiger partial charge is 0.351 e. The van der Waals surface area contributed by atoms with Crippen molar-refractivity contribution in [2.75, 3.05) is 26.2 Å². The number of rotatable bonds is 13. The fourth-order valence-electron chi connectivity index (χ4n) is 6.57. The standard InChI is InChI=1S/C38H47FN4O2/c39-32-21-18-29(19-22-32)20-23-37(44)41-27-34-24-26-43(28-35(30-11-4-1-5-12-30)31-13-6-2-7-14-31)38(45)36(42-34)17-10-25-40-33-15-8-3-9-16-33/h1-2,4-7,11-14,18-23,33-36,40,42H,3,8-10,15-17,24-28H2,(H,41,44)/b23-20+/t34?,36-/m0/s1. The van der Waals surface area contributed by atoms with Crippen molar-refractivity contribution < 1.29 is 14.0 Å². The van der Waals surface area contributed by atoms with Gasteiger partial charge in [-0.15, -0.1) is 0 Å². The highest BCUT2D eigenvalue weighted by Crippen LogP contribution is 2.27. The minimum atomic E-state index is -0.315. The molecule has 0 bridgehead atoms. The number of carbonyl (C=O) groups excluding carboxylic acids is 2. The van der Waals surface area contributed by atoms with E-state index in [0.29, 0.717) is 25.7 Å². The van der Waals surface area contributed by atoms with E-state index in [0.717, 1.165) is 31.4 Å². The highest BCUT2D eigenvalue weighted by atomic mass is 19.1. The van der Waals surface area contributed by atoms with Crippen molar-refractivity contribution in [2.45, 2.75) is 75.4 Å². The van der Waals surface area contributed by atoms with Crippen molar-refractivity contribution in [3.05, 3.63) is 114 Å². The Morgan fingerprint density at radius 3 is 2.24 bits per heavy atom. The van der Waals surface area contributed by atoms with Crippen LogP contribution in [0.25, 0.3) is 6.08 Å². The summed E-state index contributed by atoms with van der Waals surface area (Å²) in [6.45, 7) is 2.54. The van der Waals surface area contributed by atoms with E-state index >= 15 is 0 Å². The van der Waals surface area contributed by atoms with Gasteiger partial charge in [0.25, 0.3) is 0 Å². The first kappa shape index (κ1) is 32.6. The molecule has 1 saturated carbocycles. The Hall–Kier alpha value is -3.81. The molecular formula is C38H47FN4O2. The van der Waals surface area contributed by atoms with E-state index in [1.807, 2.05) is 17.0 Å². The van der Waals surface area contributed by atoms with Gasteiger partial charge >= 0.3 is 0 Å². The van der Waals surface area contributed by atoms with Crippen LogP contribution >= 0.6 is 0 Å². The SMILES string of the molecule is O=C(/C=C/c1ccc(F)cc1)NCC1CCN(CC(c2ccccc2)c2ccccc2)C(=O)[C@H](CCCNC2CCCCC2)N1. The van der Waals surface area contributed by atoms with Crippen molar-refractivity contribution >= 4 is 17.9 Å². The average molecular weight is 611 g/mol.